The van der Waals surface area contributed by atoms with Gasteiger partial charge in [0.25, 0.3) is 0 Å². The van der Waals surface area contributed by atoms with Crippen molar-refractivity contribution < 1.29 is 4.79 Å². The van der Waals surface area contributed by atoms with Crippen LogP contribution in [0.25, 0.3) is 0 Å². The summed E-state index contributed by atoms with van der Waals surface area (Å²) in [6.45, 7) is 9.02. The zero-order chi connectivity index (χ0) is 13.7. The normalized spacial score (nSPS) is 27.1. The van der Waals surface area contributed by atoms with Gasteiger partial charge in [-0.2, -0.15) is 0 Å². The van der Waals surface area contributed by atoms with Gasteiger partial charge in [-0.1, -0.05) is 6.08 Å². The second-order valence-corrected chi connectivity index (χ2v) is 5.81. The van der Waals surface area contributed by atoms with Crippen LogP contribution >= 0.6 is 0 Å². The van der Waals surface area contributed by atoms with Crippen molar-refractivity contribution in [3.05, 3.63) is 12.7 Å². The van der Waals surface area contributed by atoms with Crippen LogP contribution in [0, 0.1) is 0 Å². The predicted octanol–water partition coefficient (Wildman–Crippen LogP) is 1.28. The van der Waals surface area contributed by atoms with Crippen LogP contribution in [0.15, 0.2) is 12.7 Å². The van der Waals surface area contributed by atoms with Gasteiger partial charge in [0.1, 0.15) is 0 Å². The maximum atomic E-state index is 12.4. The lowest BCUT2D eigenvalue weighted by molar-refractivity contribution is -0.127. The first-order chi connectivity index (χ1) is 9.22. The highest BCUT2D eigenvalue weighted by Gasteiger charge is 2.35. The molecular weight excluding hydrogens is 238 g/mol. The average Bonchev–Trinajstić information content (AvgIpc) is 2.89. The summed E-state index contributed by atoms with van der Waals surface area (Å²) in [6.07, 6.45) is 7.21. The van der Waals surface area contributed by atoms with Crippen LogP contribution < -0.4 is 10.6 Å². The first-order valence-corrected chi connectivity index (χ1v) is 7.60. The maximum absolute atomic E-state index is 12.4. The number of nitrogens with zero attached hydrogens (tertiary/aromatic N) is 1. The highest BCUT2D eigenvalue weighted by molar-refractivity contribution is 5.82. The maximum Gasteiger partial charge on any atom is 0.237 e. The lowest BCUT2D eigenvalue weighted by Crippen LogP contribution is -2.51. The van der Waals surface area contributed by atoms with Gasteiger partial charge in [0.05, 0.1) is 6.04 Å². The van der Waals surface area contributed by atoms with Gasteiger partial charge >= 0.3 is 0 Å². The third kappa shape index (κ3) is 3.80. The molecule has 0 aromatic heterocycles. The van der Waals surface area contributed by atoms with Gasteiger partial charge < -0.3 is 10.6 Å². The summed E-state index contributed by atoms with van der Waals surface area (Å²) in [5.74, 6) is 0.213. The second-order valence-electron chi connectivity index (χ2n) is 5.81. The Bertz CT molecular complexity index is 313. The summed E-state index contributed by atoms with van der Waals surface area (Å²) in [4.78, 5) is 14.8. The van der Waals surface area contributed by atoms with E-state index in [1.54, 1.807) is 0 Å². The highest BCUT2D eigenvalue weighted by Crippen LogP contribution is 2.24. The molecule has 0 spiro atoms. The van der Waals surface area contributed by atoms with Crippen LogP contribution in [0.2, 0.25) is 0 Å². The number of hydrogen-bond acceptors (Lipinski definition) is 3. The summed E-state index contributed by atoms with van der Waals surface area (Å²) < 4.78 is 0. The lowest BCUT2D eigenvalue weighted by atomic mass is 10.0. The number of carbonyl (C=O) groups is 1. The Morgan fingerprint density at radius 2 is 2.21 bits per heavy atom. The van der Waals surface area contributed by atoms with E-state index in [2.05, 4.69) is 22.1 Å². The lowest BCUT2D eigenvalue weighted by Gasteiger charge is -2.35. The van der Waals surface area contributed by atoms with Gasteiger partial charge in [-0.25, -0.2) is 0 Å². The van der Waals surface area contributed by atoms with Crippen LogP contribution in [0.1, 0.15) is 39.0 Å². The molecule has 4 heteroatoms. The summed E-state index contributed by atoms with van der Waals surface area (Å²) in [7, 11) is 0. The van der Waals surface area contributed by atoms with Gasteiger partial charge in [0.2, 0.25) is 5.91 Å². The number of nitrogens with one attached hydrogen (secondary N) is 2. The van der Waals surface area contributed by atoms with E-state index in [1.807, 2.05) is 13.0 Å². The van der Waals surface area contributed by atoms with Crippen molar-refractivity contribution >= 4 is 5.91 Å². The molecule has 2 rings (SSSR count). The molecule has 2 aliphatic rings. The SMILES string of the molecule is C=CCC(C)NC(=O)C1CCCN1C1CCNCC1. The van der Waals surface area contributed by atoms with Crippen molar-refractivity contribution in [2.45, 2.75) is 57.2 Å². The quantitative estimate of drug-likeness (QED) is 0.736. The fourth-order valence-corrected chi connectivity index (χ4v) is 3.29. The molecule has 0 radical (unpaired) electrons. The Balaban J connectivity index is 1.89. The number of amides is 1. The van der Waals surface area contributed by atoms with Crippen LogP contribution in [0.3, 0.4) is 0 Å². The number of hydrogen-bond donors (Lipinski definition) is 2. The number of piperidine rings is 1. The Morgan fingerprint density at radius 3 is 2.89 bits per heavy atom. The van der Waals surface area contributed by atoms with Crippen molar-refractivity contribution in [1.82, 2.24) is 15.5 Å². The molecule has 2 saturated heterocycles. The van der Waals surface area contributed by atoms with Gasteiger partial charge in [0, 0.05) is 12.1 Å². The smallest absolute Gasteiger partial charge is 0.237 e. The van der Waals surface area contributed by atoms with Crippen LogP contribution in [-0.2, 0) is 4.79 Å². The van der Waals surface area contributed by atoms with Crippen LogP contribution in [0.4, 0.5) is 0 Å². The van der Waals surface area contributed by atoms with E-state index in [1.165, 1.54) is 12.8 Å². The first-order valence-electron chi connectivity index (χ1n) is 7.60. The van der Waals surface area contributed by atoms with Gasteiger partial charge in [-0.15, -0.1) is 6.58 Å². The standard InChI is InChI=1S/C15H27N3O/c1-3-5-12(2)17-15(19)14-6-4-11-18(14)13-7-9-16-10-8-13/h3,12-14,16H,1,4-11H2,2H3,(H,17,19). The molecule has 0 aromatic carbocycles. The monoisotopic (exact) mass is 265 g/mol. The molecule has 2 heterocycles. The second kappa shape index (κ2) is 7.06. The van der Waals surface area contributed by atoms with E-state index in [9.17, 15) is 4.79 Å². The van der Waals surface area contributed by atoms with E-state index < -0.39 is 0 Å². The van der Waals surface area contributed by atoms with Crippen molar-refractivity contribution in [2.75, 3.05) is 19.6 Å². The van der Waals surface area contributed by atoms with Crippen LogP contribution in [0.5, 0.6) is 0 Å². The highest BCUT2D eigenvalue weighted by atomic mass is 16.2. The third-order valence-electron chi connectivity index (χ3n) is 4.28. The predicted molar refractivity (Wildman–Crippen MR) is 78.0 cm³/mol. The van der Waals surface area contributed by atoms with Gasteiger partial charge in [-0.3, -0.25) is 9.69 Å². The Kier molecular flexibility index (Phi) is 5.40. The Hall–Kier alpha value is -0.870. The van der Waals surface area contributed by atoms with Crippen LogP contribution in [-0.4, -0.2) is 48.6 Å². The fraction of sp³-hybridized carbons (Fsp3) is 0.800. The minimum Gasteiger partial charge on any atom is -0.352 e. The molecule has 2 fully saturated rings. The van der Waals surface area contributed by atoms with E-state index in [4.69, 9.17) is 0 Å². The van der Waals surface area contributed by atoms with E-state index in [-0.39, 0.29) is 18.0 Å². The average molecular weight is 265 g/mol. The molecule has 0 aliphatic carbocycles. The number of carbonyl (C=O) groups excluding carboxylic acids is 1. The summed E-state index contributed by atoms with van der Waals surface area (Å²) in [6, 6.07) is 0.880. The third-order valence-corrected chi connectivity index (χ3v) is 4.28. The van der Waals surface area contributed by atoms with Crippen molar-refractivity contribution in [2.24, 2.45) is 0 Å². The molecule has 2 atom stereocenters. The minimum absolute atomic E-state index is 0.0929. The molecule has 0 bridgehead atoms. The van der Waals surface area contributed by atoms with Crippen molar-refractivity contribution in [1.29, 1.82) is 0 Å². The molecule has 1 amide bonds. The van der Waals surface area contributed by atoms with Crippen molar-refractivity contribution in [3.63, 3.8) is 0 Å². The molecule has 19 heavy (non-hydrogen) atoms. The summed E-state index contributed by atoms with van der Waals surface area (Å²) in [5.41, 5.74) is 0. The summed E-state index contributed by atoms with van der Waals surface area (Å²) in [5, 5.41) is 6.52. The van der Waals surface area contributed by atoms with E-state index in [0.717, 1.165) is 38.9 Å². The largest absolute Gasteiger partial charge is 0.352 e. The van der Waals surface area contributed by atoms with E-state index in [0.29, 0.717) is 6.04 Å². The molecule has 2 N–H and O–H groups in total. The summed E-state index contributed by atoms with van der Waals surface area (Å²) >= 11 is 0. The van der Waals surface area contributed by atoms with Gasteiger partial charge in [-0.05, 0) is 58.7 Å². The fourth-order valence-electron chi connectivity index (χ4n) is 3.29. The van der Waals surface area contributed by atoms with Crippen molar-refractivity contribution in [3.8, 4) is 0 Å². The molecule has 108 valence electrons. The topological polar surface area (TPSA) is 44.4 Å². The molecular formula is C15H27N3O. The Morgan fingerprint density at radius 1 is 1.47 bits per heavy atom. The molecule has 2 unspecified atom stereocenters. The first kappa shape index (κ1) is 14.5. The zero-order valence-corrected chi connectivity index (χ0v) is 12.0. The number of likely N-dealkylation sites (tertiary alicyclic amines) is 1. The zero-order valence-electron chi connectivity index (χ0n) is 12.0. The Labute approximate surface area is 116 Å². The molecule has 0 aromatic rings. The van der Waals surface area contributed by atoms with Gasteiger partial charge in [0.15, 0.2) is 0 Å². The van der Waals surface area contributed by atoms with E-state index >= 15 is 0 Å². The number of rotatable bonds is 5. The molecule has 0 saturated carbocycles. The molecule has 2 aliphatic heterocycles. The molecule has 4 nitrogen and oxygen atoms in total. The minimum atomic E-state index is 0.0929.